The van der Waals surface area contributed by atoms with Crippen LogP contribution in [0.4, 0.5) is 0 Å². The van der Waals surface area contributed by atoms with E-state index in [9.17, 15) is 0 Å². The zero-order valence-electron chi connectivity index (χ0n) is 10.5. The Morgan fingerprint density at radius 3 is 2.76 bits per heavy atom. The summed E-state index contributed by atoms with van der Waals surface area (Å²) in [7, 11) is 1.76. The zero-order valence-corrected chi connectivity index (χ0v) is 12.1. The lowest BCUT2D eigenvalue weighted by molar-refractivity contribution is 0.399. The summed E-state index contributed by atoms with van der Waals surface area (Å²) in [6.07, 6.45) is 7.94. The maximum Gasteiger partial charge on any atom is 0.122 e. The second-order valence-electron chi connectivity index (χ2n) is 4.93. The van der Waals surface area contributed by atoms with Crippen molar-refractivity contribution in [3.63, 3.8) is 0 Å². The molecule has 94 valence electrons. The number of benzene rings is 1. The molecule has 1 saturated carbocycles. The van der Waals surface area contributed by atoms with Crippen molar-refractivity contribution in [2.45, 2.75) is 43.4 Å². The van der Waals surface area contributed by atoms with Crippen LogP contribution in [0.1, 0.15) is 37.7 Å². The van der Waals surface area contributed by atoms with Crippen molar-refractivity contribution in [1.29, 1.82) is 0 Å². The topological polar surface area (TPSA) is 9.23 Å². The molecule has 2 heteroatoms. The Morgan fingerprint density at radius 1 is 1.18 bits per heavy atom. The van der Waals surface area contributed by atoms with Crippen LogP contribution in [0.25, 0.3) is 0 Å². The molecule has 1 aromatic carbocycles. The summed E-state index contributed by atoms with van der Waals surface area (Å²) in [6.45, 7) is 0. The lowest BCUT2D eigenvalue weighted by atomic mass is 9.92. The lowest BCUT2D eigenvalue weighted by Gasteiger charge is -2.21. The summed E-state index contributed by atoms with van der Waals surface area (Å²) in [6, 6.07) is 8.41. The number of hydrogen-bond acceptors (Lipinski definition) is 1. The average Bonchev–Trinajstić information content (AvgIpc) is 2.56. The van der Waals surface area contributed by atoms with Crippen molar-refractivity contribution in [2.75, 3.05) is 7.11 Å². The van der Waals surface area contributed by atoms with E-state index in [1.54, 1.807) is 7.11 Å². The van der Waals surface area contributed by atoms with Crippen molar-refractivity contribution in [3.8, 4) is 5.75 Å². The van der Waals surface area contributed by atoms with Gasteiger partial charge in [-0.15, -0.1) is 0 Å². The predicted molar refractivity (Wildman–Crippen MR) is 76.0 cm³/mol. The molecule has 0 saturated heterocycles. The minimum absolute atomic E-state index is 0.676. The fourth-order valence-electron chi connectivity index (χ4n) is 2.72. The molecule has 1 aromatic rings. The van der Waals surface area contributed by atoms with Crippen LogP contribution in [-0.4, -0.2) is 11.9 Å². The Bertz CT molecular complexity index is 351. The third kappa shape index (κ3) is 3.48. The Kier molecular flexibility index (Phi) is 4.90. The zero-order chi connectivity index (χ0) is 12.1. The first-order valence-electron chi connectivity index (χ1n) is 6.57. The van der Waals surface area contributed by atoms with Crippen LogP contribution in [0.15, 0.2) is 24.3 Å². The van der Waals surface area contributed by atoms with Crippen molar-refractivity contribution in [3.05, 3.63) is 29.8 Å². The first-order valence-corrected chi connectivity index (χ1v) is 7.49. The third-order valence-corrected chi connectivity index (χ3v) is 4.95. The van der Waals surface area contributed by atoms with Gasteiger partial charge in [0.25, 0.3) is 0 Å². The highest BCUT2D eigenvalue weighted by Crippen LogP contribution is 2.33. The Labute approximate surface area is 113 Å². The van der Waals surface area contributed by atoms with E-state index in [1.165, 1.54) is 37.7 Å². The maximum absolute atomic E-state index is 5.44. The van der Waals surface area contributed by atoms with Crippen LogP contribution in [0.5, 0.6) is 5.75 Å². The van der Waals surface area contributed by atoms with E-state index in [-0.39, 0.29) is 0 Å². The maximum atomic E-state index is 5.44. The van der Waals surface area contributed by atoms with Gasteiger partial charge in [0.15, 0.2) is 0 Å². The van der Waals surface area contributed by atoms with Crippen molar-refractivity contribution in [1.82, 2.24) is 0 Å². The van der Waals surface area contributed by atoms with Crippen LogP contribution in [0.2, 0.25) is 0 Å². The second-order valence-corrected chi connectivity index (χ2v) is 6.11. The van der Waals surface area contributed by atoms with Crippen LogP contribution in [0.3, 0.4) is 0 Å². The van der Waals surface area contributed by atoms with E-state index in [0.29, 0.717) is 4.83 Å². The molecule has 17 heavy (non-hydrogen) atoms. The highest BCUT2D eigenvalue weighted by Gasteiger charge is 2.22. The van der Waals surface area contributed by atoms with Gasteiger partial charge in [-0.2, -0.15) is 0 Å². The highest BCUT2D eigenvalue weighted by atomic mass is 79.9. The van der Waals surface area contributed by atoms with E-state index in [4.69, 9.17) is 4.74 Å². The van der Waals surface area contributed by atoms with Crippen LogP contribution >= 0.6 is 15.9 Å². The van der Waals surface area contributed by atoms with E-state index >= 15 is 0 Å². The molecule has 0 aromatic heterocycles. The van der Waals surface area contributed by atoms with Gasteiger partial charge in [0.1, 0.15) is 5.75 Å². The number of para-hydroxylation sites is 1. The molecule has 0 bridgehead atoms. The second kappa shape index (κ2) is 6.44. The van der Waals surface area contributed by atoms with Crippen molar-refractivity contribution < 1.29 is 4.74 Å². The molecule has 0 radical (unpaired) electrons. The monoisotopic (exact) mass is 296 g/mol. The lowest BCUT2D eigenvalue weighted by Crippen LogP contribution is -2.15. The number of alkyl halides is 1. The van der Waals surface area contributed by atoms with E-state index < -0.39 is 0 Å². The molecule has 1 aliphatic carbocycles. The van der Waals surface area contributed by atoms with Gasteiger partial charge < -0.3 is 4.74 Å². The molecular weight excluding hydrogens is 276 g/mol. The largest absolute Gasteiger partial charge is 0.496 e. The average molecular weight is 297 g/mol. The van der Waals surface area contributed by atoms with Crippen LogP contribution in [-0.2, 0) is 6.42 Å². The van der Waals surface area contributed by atoms with Gasteiger partial charge in [-0.1, -0.05) is 53.4 Å². The fraction of sp³-hybridized carbons (Fsp3) is 0.600. The molecule has 0 heterocycles. The fourth-order valence-corrected chi connectivity index (χ4v) is 3.50. The third-order valence-electron chi connectivity index (χ3n) is 3.74. The number of hydrogen-bond donors (Lipinski definition) is 0. The Balaban J connectivity index is 2.07. The van der Waals surface area contributed by atoms with E-state index in [1.807, 2.05) is 6.07 Å². The summed E-state index contributed by atoms with van der Waals surface area (Å²) in [4.78, 5) is 0.676. The first kappa shape index (κ1) is 12.9. The molecule has 0 aliphatic heterocycles. The SMILES string of the molecule is COc1ccccc1CC1CCCCCC1Br. The molecule has 2 rings (SSSR count). The summed E-state index contributed by atoms with van der Waals surface area (Å²) >= 11 is 3.87. The van der Waals surface area contributed by atoms with Crippen molar-refractivity contribution >= 4 is 15.9 Å². The number of ether oxygens (including phenoxy) is 1. The molecule has 1 aliphatic rings. The van der Waals surface area contributed by atoms with Crippen LogP contribution in [0, 0.1) is 5.92 Å². The van der Waals surface area contributed by atoms with Gasteiger partial charge in [0, 0.05) is 4.83 Å². The first-order chi connectivity index (χ1) is 8.31. The standard InChI is InChI=1S/C15H21BrO/c1-17-15-10-6-5-8-13(15)11-12-7-3-2-4-9-14(12)16/h5-6,8,10,12,14H,2-4,7,9,11H2,1H3. The Hall–Kier alpha value is -0.500. The minimum Gasteiger partial charge on any atom is -0.496 e. The van der Waals surface area contributed by atoms with Crippen LogP contribution < -0.4 is 4.74 Å². The predicted octanol–water partition coefficient (Wildman–Crippen LogP) is 4.58. The Morgan fingerprint density at radius 2 is 1.94 bits per heavy atom. The summed E-state index contributed by atoms with van der Waals surface area (Å²) in [5, 5.41) is 0. The van der Waals surface area contributed by atoms with Gasteiger partial charge in [-0.05, 0) is 36.8 Å². The molecule has 0 spiro atoms. The number of rotatable bonds is 3. The summed E-state index contributed by atoms with van der Waals surface area (Å²) < 4.78 is 5.44. The smallest absolute Gasteiger partial charge is 0.122 e. The highest BCUT2D eigenvalue weighted by molar-refractivity contribution is 9.09. The quantitative estimate of drug-likeness (QED) is 0.586. The van der Waals surface area contributed by atoms with Gasteiger partial charge in [0.2, 0.25) is 0 Å². The summed E-state index contributed by atoms with van der Waals surface area (Å²) in [5.41, 5.74) is 1.35. The van der Waals surface area contributed by atoms with E-state index in [0.717, 1.165) is 18.1 Å². The number of methoxy groups -OCH3 is 1. The molecule has 2 unspecified atom stereocenters. The van der Waals surface area contributed by atoms with Gasteiger partial charge in [0.05, 0.1) is 7.11 Å². The van der Waals surface area contributed by atoms with Gasteiger partial charge in [-0.3, -0.25) is 0 Å². The molecular formula is C15H21BrO. The summed E-state index contributed by atoms with van der Waals surface area (Å²) in [5.74, 6) is 1.80. The van der Waals surface area contributed by atoms with E-state index in [2.05, 4.69) is 34.1 Å². The molecule has 0 amide bonds. The molecule has 1 nitrogen and oxygen atoms in total. The minimum atomic E-state index is 0.676. The molecule has 0 N–H and O–H groups in total. The van der Waals surface area contributed by atoms with Gasteiger partial charge >= 0.3 is 0 Å². The normalized spacial score (nSPS) is 25.3. The van der Waals surface area contributed by atoms with Crippen molar-refractivity contribution in [2.24, 2.45) is 5.92 Å². The van der Waals surface area contributed by atoms with Gasteiger partial charge in [-0.25, -0.2) is 0 Å². The molecule has 2 atom stereocenters. The molecule has 1 fully saturated rings. The number of halogens is 1.